The highest BCUT2D eigenvalue weighted by Crippen LogP contribution is 2.30. The molecule has 0 unspecified atom stereocenters. The largest absolute Gasteiger partial charge is 0.261 e. The van der Waals surface area contributed by atoms with E-state index in [-0.39, 0.29) is 0 Å². The van der Waals surface area contributed by atoms with Crippen LogP contribution in [0.2, 0.25) is 0 Å². The van der Waals surface area contributed by atoms with Gasteiger partial charge in [-0.25, -0.2) is 4.68 Å². The molecule has 1 saturated carbocycles. The van der Waals surface area contributed by atoms with Crippen LogP contribution in [-0.4, -0.2) is 25.0 Å². The predicted octanol–water partition coefficient (Wildman–Crippen LogP) is 2.35. The lowest BCUT2D eigenvalue weighted by molar-refractivity contribution is 0.284. The molecule has 0 N–H and O–H groups in total. The van der Waals surface area contributed by atoms with Crippen LogP contribution >= 0.6 is 0 Å². The summed E-state index contributed by atoms with van der Waals surface area (Å²) in [4.78, 5) is 8.32. The molecule has 3 rings (SSSR count). The Morgan fingerprint density at radius 2 is 2.28 bits per heavy atom. The average molecular weight is 241 g/mol. The first-order valence-corrected chi connectivity index (χ1v) is 6.19. The summed E-state index contributed by atoms with van der Waals surface area (Å²) in [7, 11) is 0. The molecule has 0 bridgehead atoms. The van der Waals surface area contributed by atoms with Crippen molar-refractivity contribution in [2.75, 3.05) is 0 Å². The highest BCUT2D eigenvalue weighted by molar-refractivity contribution is 5.76. The van der Waals surface area contributed by atoms with Gasteiger partial charge < -0.3 is 0 Å². The van der Waals surface area contributed by atoms with Crippen LogP contribution in [0.15, 0.2) is 24.8 Å². The van der Waals surface area contributed by atoms with Gasteiger partial charge in [-0.15, -0.1) is 5.10 Å². The van der Waals surface area contributed by atoms with Gasteiger partial charge in [0.2, 0.25) is 0 Å². The van der Waals surface area contributed by atoms with Crippen molar-refractivity contribution in [1.29, 1.82) is 0 Å². The van der Waals surface area contributed by atoms with Crippen molar-refractivity contribution in [3.8, 4) is 0 Å². The summed E-state index contributed by atoms with van der Waals surface area (Å²) in [5.74, 6) is 0. The molecular weight excluding hydrogens is 226 g/mol. The van der Waals surface area contributed by atoms with Crippen molar-refractivity contribution >= 4 is 11.6 Å². The number of hydrogen-bond acceptors (Lipinski definition) is 4. The van der Waals surface area contributed by atoms with Gasteiger partial charge >= 0.3 is 0 Å². The van der Waals surface area contributed by atoms with E-state index >= 15 is 0 Å². The summed E-state index contributed by atoms with van der Waals surface area (Å²) in [6.45, 7) is 2.01. The van der Waals surface area contributed by atoms with Gasteiger partial charge in [0, 0.05) is 12.4 Å². The zero-order valence-corrected chi connectivity index (χ0v) is 10.3. The molecule has 1 aliphatic rings. The van der Waals surface area contributed by atoms with Crippen molar-refractivity contribution < 1.29 is 0 Å². The molecule has 0 spiro atoms. The smallest absolute Gasteiger partial charge is 0.106 e. The summed E-state index contributed by atoms with van der Waals surface area (Å²) >= 11 is 0. The Morgan fingerprint density at radius 3 is 2.94 bits per heavy atom. The minimum absolute atomic E-state index is 0.552. The van der Waals surface area contributed by atoms with E-state index in [1.54, 1.807) is 18.6 Å². The Kier molecular flexibility index (Phi) is 2.88. The van der Waals surface area contributed by atoms with E-state index in [1.165, 1.54) is 19.3 Å². The molecule has 92 valence electrons. The highest BCUT2D eigenvalue weighted by atomic mass is 15.4. The third-order valence-electron chi connectivity index (χ3n) is 3.31. The van der Waals surface area contributed by atoms with E-state index in [0.29, 0.717) is 6.04 Å². The van der Waals surface area contributed by atoms with E-state index in [9.17, 15) is 0 Å². The number of rotatable bonds is 3. The SMILES string of the molecule is CC(=Cc1cn(C2CCC2)nn1)c1cnccn1. The maximum Gasteiger partial charge on any atom is 0.106 e. The summed E-state index contributed by atoms with van der Waals surface area (Å²) in [5.41, 5.74) is 2.80. The van der Waals surface area contributed by atoms with Gasteiger partial charge in [0.1, 0.15) is 5.69 Å². The molecule has 1 fully saturated rings. The Morgan fingerprint density at radius 1 is 1.39 bits per heavy atom. The normalized spacial score (nSPS) is 16.6. The first kappa shape index (κ1) is 11.1. The van der Waals surface area contributed by atoms with Gasteiger partial charge in [0.25, 0.3) is 0 Å². The molecule has 0 saturated heterocycles. The van der Waals surface area contributed by atoms with Gasteiger partial charge in [-0.05, 0) is 37.8 Å². The van der Waals surface area contributed by atoms with Crippen molar-refractivity contribution in [2.45, 2.75) is 32.2 Å². The second kappa shape index (κ2) is 4.68. The average Bonchev–Trinajstić information content (AvgIpc) is 2.76. The summed E-state index contributed by atoms with van der Waals surface area (Å²) in [5, 5.41) is 8.34. The van der Waals surface area contributed by atoms with Crippen molar-refractivity contribution in [1.82, 2.24) is 25.0 Å². The second-order valence-electron chi connectivity index (χ2n) is 4.63. The Hall–Kier alpha value is -2.04. The van der Waals surface area contributed by atoms with Gasteiger partial charge in [-0.1, -0.05) is 5.21 Å². The number of allylic oxidation sites excluding steroid dienone is 1. The topological polar surface area (TPSA) is 56.5 Å². The van der Waals surface area contributed by atoms with Gasteiger partial charge in [0.15, 0.2) is 0 Å². The molecular formula is C13H15N5. The molecule has 0 radical (unpaired) electrons. The van der Waals surface area contributed by atoms with Crippen molar-refractivity contribution in [3.63, 3.8) is 0 Å². The van der Waals surface area contributed by atoms with E-state index in [4.69, 9.17) is 0 Å². The molecule has 0 atom stereocenters. The summed E-state index contributed by atoms with van der Waals surface area (Å²) in [6, 6.07) is 0.552. The van der Waals surface area contributed by atoms with E-state index in [0.717, 1.165) is 17.0 Å². The van der Waals surface area contributed by atoms with Crippen LogP contribution < -0.4 is 0 Å². The lowest BCUT2D eigenvalue weighted by Gasteiger charge is -2.24. The minimum Gasteiger partial charge on any atom is -0.261 e. The highest BCUT2D eigenvalue weighted by Gasteiger charge is 2.20. The Balaban J connectivity index is 1.80. The second-order valence-corrected chi connectivity index (χ2v) is 4.63. The van der Waals surface area contributed by atoms with E-state index in [1.807, 2.05) is 23.9 Å². The van der Waals surface area contributed by atoms with Gasteiger partial charge in [-0.2, -0.15) is 0 Å². The van der Waals surface area contributed by atoms with Crippen LogP contribution in [-0.2, 0) is 0 Å². The van der Waals surface area contributed by atoms with Gasteiger partial charge in [-0.3, -0.25) is 9.97 Å². The fourth-order valence-corrected chi connectivity index (χ4v) is 1.98. The Bertz CT molecular complexity index is 554. The number of nitrogens with zero attached hydrogens (tertiary/aromatic N) is 5. The number of aromatic nitrogens is 5. The van der Waals surface area contributed by atoms with Gasteiger partial charge in [0.05, 0.1) is 24.1 Å². The maximum atomic E-state index is 4.26. The fraction of sp³-hybridized carbons (Fsp3) is 0.385. The minimum atomic E-state index is 0.552. The van der Waals surface area contributed by atoms with E-state index in [2.05, 4.69) is 20.3 Å². The van der Waals surface area contributed by atoms with Crippen LogP contribution in [0.1, 0.15) is 43.6 Å². The molecule has 1 aliphatic carbocycles. The molecule has 0 aliphatic heterocycles. The summed E-state index contributed by atoms with van der Waals surface area (Å²) in [6.07, 6.45) is 12.8. The number of hydrogen-bond donors (Lipinski definition) is 0. The van der Waals surface area contributed by atoms with Crippen LogP contribution in [0.25, 0.3) is 11.6 Å². The Labute approximate surface area is 106 Å². The van der Waals surface area contributed by atoms with Crippen LogP contribution in [0.5, 0.6) is 0 Å². The monoisotopic (exact) mass is 241 g/mol. The standard InChI is InChI=1S/C13H15N5/c1-10(13-8-14-5-6-15-13)7-11-9-18(17-16-11)12-3-2-4-12/h5-9,12H,2-4H2,1H3. The summed E-state index contributed by atoms with van der Waals surface area (Å²) < 4.78 is 1.97. The van der Waals surface area contributed by atoms with E-state index < -0.39 is 0 Å². The van der Waals surface area contributed by atoms with Crippen molar-refractivity contribution in [3.05, 3.63) is 36.2 Å². The zero-order valence-electron chi connectivity index (χ0n) is 10.3. The zero-order chi connectivity index (χ0) is 12.4. The lowest BCUT2D eigenvalue weighted by atomic mass is 9.93. The molecule has 0 amide bonds. The van der Waals surface area contributed by atoms with Crippen LogP contribution in [0.3, 0.4) is 0 Å². The third kappa shape index (κ3) is 2.16. The molecule has 5 heteroatoms. The lowest BCUT2D eigenvalue weighted by Crippen LogP contribution is -2.17. The molecule has 18 heavy (non-hydrogen) atoms. The predicted molar refractivity (Wildman–Crippen MR) is 68.5 cm³/mol. The molecule has 5 nitrogen and oxygen atoms in total. The molecule has 2 heterocycles. The first-order chi connectivity index (χ1) is 8.83. The fourth-order valence-electron chi connectivity index (χ4n) is 1.98. The third-order valence-corrected chi connectivity index (χ3v) is 3.31. The molecule has 2 aromatic heterocycles. The van der Waals surface area contributed by atoms with Crippen molar-refractivity contribution in [2.24, 2.45) is 0 Å². The first-order valence-electron chi connectivity index (χ1n) is 6.19. The quantitative estimate of drug-likeness (QED) is 0.827. The molecule has 2 aromatic rings. The molecule has 0 aromatic carbocycles. The van der Waals surface area contributed by atoms with Crippen LogP contribution in [0.4, 0.5) is 0 Å². The van der Waals surface area contributed by atoms with Crippen LogP contribution in [0, 0.1) is 0 Å². The maximum absolute atomic E-state index is 4.26.